The van der Waals surface area contributed by atoms with Gasteiger partial charge in [0.15, 0.2) is 5.82 Å². The van der Waals surface area contributed by atoms with Crippen LogP contribution in [0.2, 0.25) is 0 Å². The van der Waals surface area contributed by atoms with Crippen molar-refractivity contribution in [2.75, 3.05) is 5.73 Å². The monoisotopic (exact) mass is 207 g/mol. The average molecular weight is 207 g/mol. The van der Waals surface area contributed by atoms with Gasteiger partial charge in [-0.05, 0) is 32.6 Å². The minimum absolute atomic E-state index is 0.127. The van der Waals surface area contributed by atoms with Gasteiger partial charge in [0.1, 0.15) is 0 Å². The Kier molecular flexibility index (Phi) is 2.75. The Labute approximate surface area is 89.1 Å². The van der Waals surface area contributed by atoms with Crippen LogP contribution in [0.4, 0.5) is 5.82 Å². The Hall–Kier alpha value is -1.32. The van der Waals surface area contributed by atoms with Crippen molar-refractivity contribution in [1.82, 2.24) is 9.55 Å². The minimum atomic E-state index is -0.127. The molecule has 1 aromatic heterocycles. The fraction of sp³-hybridized carbons (Fsp3) is 0.636. The van der Waals surface area contributed by atoms with E-state index in [1.165, 1.54) is 6.42 Å². The van der Waals surface area contributed by atoms with Gasteiger partial charge in [0.25, 0.3) is 5.56 Å². The van der Waals surface area contributed by atoms with Crippen molar-refractivity contribution in [3.8, 4) is 0 Å². The number of anilines is 1. The summed E-state index contributed by atoms with van der Waals surface area (Å²) in [6, 6.07) is 0. The summed E-state index contributed by atoms with van der Waals surface area (Å²) in [7, 11) is 0. The molecule has 4 heteroatoms. The number of rotatable bonds is 1. The second-order valence-electron chi connectivity index (χ2n) is 4.00. The third kappa shape index (κ3) is 1.76. The molecule has 0 fully saturated rings. The minimum Gasteiger partial charge on any atom is -0.379 e. The molecule has 4 nitrogen and oxygen atoms in total. The van der Waals surface area contributed by atoms with E-state index in [1.54, 1.807) is 4.57 Å². The molecule has 0 saturated heterocycles. The first-order chi connectivity index (χ1) is 7.24. The first kappa shape index (κ1) is 10.2. The van der Waals surface area contributed by atoms with Crippen molar-refractivity contribution in [1.29, 1.82) is 0 Å². The van der Waals surface area contributed by atoms with E-state index in [2.05, 4.69) is 4.98 Å². The number of nitrogens with zero attached hydrogens (tertiary/aromatic N) is 2. The molecule has 1 aromatic rings. The zero-order valence-corrected chi connectivity index (χ0v) is 9.12. The summed E-state index contributed by atoms with van der Waals surface area (Å²) >= 11 is 0. The van der Waals surface area contributed by atoms with Gasteiger partial charge in [0.05, 0.1) is 5.69 Å². The lowest BCUT2D eigenvalue weighted by Gasteiger charge is -2.13. The summed E-state index contributed by atoms with van der Waals surface area (Å²) in [6.45, 7) is 2.67. The van der Waals surface area contributed by atoms with E-state index in [0.717, 1.165) is 37.1 Å². The van der Waals surface area contributed by atoms with E-state index < -0.39 is 0 Å². The Morgan fingerprint density at radius 1 is 1.33 bits per heavy atom. The molecule has 1 aliphatic carbocycles. The molecule has 1 heterocycles. The van der Waals surface area contributed by atoms with Crippen molar-refractivity contribution in [2.24, 2.45) is 0 Å². The molecular weight excluding hydrogens is 190 g/mol. The van der Waals surface area contributed by atoms with E-state index in [0.29, 0.717) is 6.54 Å². The highest BCUT2D eigenvalue weighted by atomic mass is 16.1. The second kappa shape index (κ2) is 4.04. The first-order valence-electron chi connectivity index (χ1n) is 5.62. The van der Waals surface area contributed by atoms with Gasteiger partial charge in [-0.1, -0.05) is 6.42 Å². The smallest absolute Gasteiger partial charge is 0.293 e. The molecule has 0 spiro atoms. The van der Waals surface area contributed by atoms with Crippen molar-refractivity contribution < 1.29 is 0 Å². The molecule has 2 rings (SSSR count). The number of fused-ring (bicyclic) bond motifs is 1. The van der Waals surface area contributed by atoms with Crippen LogP contribution in [0.5, 0.6) is 0 Å². The molecule has 0 unspecified atom stereocenters. The molecule has 0 aromatic carbocycles. The lowest BCUT2D eigenvalue weighted by atomic mass is 10.2. The number of hydrogen-bond acceptors (Lipinski definition) is 3. The highest BCUT2D eigenvalue weighted by Gasteiger charge is 2.15. The van der Waals surface area contributed by atoms with Gasteiger partial charge in [-0.25, -0.2) is 4.98 Å². The third-order valence-electron chi connectivity index (χ3n) is 3.02. The zero-order valence-electron chi connectivity index (χ0n) is 9.12. The Morgan fingerprint density at radius 2 is 2.07 bits per heavy atom. The standard InChI is InChI=1S/C11H17N3O/c1-2-14-9-7-5-3-4-6-8(9)13-10(12)11(14)15/h2-7H2,1H3,(H2,12,13). The van der Waals surface area contributed by atoms with Gasteiger partial charge < -0.3 is 10.3 Å². The molecule has 0 saturated carbocycles. The number of nitrogens with two attached hydrogens (primary N) is 1. The van der Waals surface area contributed by atoms with Crippen molar-refractivity contribution in [2.45, 2.75) is 45.6 Å². The molecule has 0 radical (unpaired) electrons. The van der Waals surface area contributed by atoms with Gasteiger partial charge in [-0.15, -0.1) is 0 Å². The summed E-state index contributed by atoms with van der Waals surface area (Å²) in [5, 5.41) is 0. The van der Waals surface area contributed by atoms with Crippen LogP contribution in [0.15, 0.2) is 4.79 Å². The van der Waals surface area contributed by atoms with Gasteiger partial charge in [-0.2, -0.15) is 0 Å². The Balaban J connectivity index is 2.61. The highest BCUT2D eigenvalue weighted by Crippen LogP contribution is 2.18. The normalized spacial score (nSPS) is 15.8. The van der Waals surface area contributed by atoms with E-state index in [9.17, 15) is 4.79 Å². The molecule has 2 N–H and O–H groups in total. The third-order valence-corrected chi connectivity index (χ3v) is 3.02. The van der Waals surface area contributed by atoms with E-state index in [1.807, 2.05) is 6.92 Å². The van der Waals surface area contributed by atoms with Crippen LogP contribution >= 0.6 is 0 Å². The van der Waals surface area contributed by atoms with Crippen molar-refractivity contribution in [3.05, 3.63) is 21.7 Å². The number of aromatic nitrogens is 2. The highest BCUT2D eigenvalue weighted by molar-refractivity contribution is 5.30. The Bertz CT molecular complexity index is 423. The summed E-state index contributed by atoms with van der Waals surface area (Å²) in [5.41, 5.74) is 7.64. The molecule has 1 aliphatic rings. The summed E-state index contributed by atoms with van der Waals surface area (Å²) in [5.74, 6) is 0.150. The Morgan fingerprint density at radius 3 is 2.80 bits per heavy atom. The van der Waals surface area contributed by atoms with Crippen LogP contribution in [0.3, 0.4) is 0 Å². The van der Waals surface area contributed by atoms with Gasteiger partial charge in [-0.3, -0.25) is 4.79 Å². The number of aryl methyl sites for hydroxylation is 1. The number of hydrogen-bond donors (Lipinski definition) is 1. The maximum atomic E-state index is 11.8. The van der Waals surface area contributed by atoms with Gasteiger partial charge in [0, 0.05) is 12.2 Å². The summed E-state index contributed by atoms with van der Waals surface area (Å²) in [4.78, 5) is 16.0. The van der Waals surface area contributed by atoms with Gasteiger partial charge >= 0.3 is 0 Å². The first-order valence-corrected chi connectivity index (χ1v) is 5.62. The van der Waals surface area contributed by atoms with Crippen molar-refractivity contribution >= 4 is 5.82 Å². The predicted octanol–water partition coefficient (Wildman–Crippen LogP) is 1.11. The van der Waals surface area contributed by atoms with Crippen LogP contribution in [-0.2, 0) is 19.4 Å². The van der Waals surface area contributed by atoms with Crippen LogP contribution < -0.4 is 11.3 Å². The van der Waals surface area contributed by atoms with Crippen LogP contribution in [0.1, 0.15) is 37.6 Å². The summed E-state index contributed by atoms with van der Waals surface area (Å²) < 4.78 is 1.78. The average Bonchev–Trinajstić information content (AvgIpc) is 2.45. The fourth-order valence-electron chi connectivity index (χ4n) is 2.25. The molecule has 0 atom stereocenters. The maximum absolute atomic E-state index is 11.8. The SMILES string of the molecule is CCn1c2c(nc(N)c1=O)CCCCC2. The van der Waals surface area contributed by atoms with Crippen LogP contribution in [0.25, 0.3) is 0 Å². The number of nitrogen functional groups attached to an aromatic ring is 1. The van der Waals surface area contributed by atoms with Crippen LogP contribution in [-0.4, -0.2) is 9.55 Å². The lowest BCUT2D eigenvalue weighted by Crippen LogP contribution is -2.28. The molecular formula is C11H17N3O. The largest absolute Gasteiger partial charge is 0.379 e. The fourth-order valence-corrected chi connectivity index (χ4v) is 2.25. The van der Waals surface area contributed by atoms with E-state index in [4.69, 9.17) is 5.73 Å². The van der Waals surface area contributed by atoms with E-state index in [-0.39, 0.29) is 11.4 Å². The van der Waals surface area contributed by atoms with Crippen molar-refractivity contribution in [3.63, 3.8) is 0 Å². The molecule has 15 heavy (non-hydrogen) atoms. The molecule has 0 bridgehead atoms. The van der Waals surface area contributed by atoms with Crippen LogP contribution in [0, 0.1) is 0 Å². The maximum Gasteiger partial charge on any atom is 0.293 e. The van der Waals surface area contributed by atoms with E-state index >= 15 is 0 Å². The zero-order chi connectivity index (χ0) is 10.8. The molecule has 82 valence electrons. The quantitative estimate of drug-likeness (QED) is 0.702. The lowest BCUT2D eigenvalue weighted by molar-refractivity contribution is 0.645. The predicted molar refractivity (Wildman–Crippen MR) is 59.8 cm³/mol. The summed E-state index contributed by atoms with van der Waals surface area (Å²) in [6.07, 6.45) is 5.44. The topological polar surface area (TPSA) is 60.9 Å². The second-order valence-corrected chi connectivity index (χ2v) is 4.00. The molecule has 0 amide bonds. The van der Waals surface area contributed by atoms with Gasteiger partial charge in [0.2, 0.25) is 0 Å². The molecule has 0 aliphatic heterocycles.